The molecule has 0 aliphatic carbocycles. The SMILES string of the molecule is CCCCCCCCc1ccc(-c2ccc(OC(=O)C(C)(C#N)CC(C)CC)cc2)nc1. The van der Waals surface area contributed by atoms with Gasteiger partial charge >= 0.3 is 5.97 Å². The quantitative estimate of drug-likeness (QED) is 0.186. The van der Waals surface area contributed by atoms with Crippen LogP contribution in [0, 0.1) is 22.7 Å². The van der Waals surface area contributed by atoms with Gasteiger partial charge < -0.3 is 4.74 Å². The standard InChI is InChI=1S/C28H38N2O2/c1-5-7-8-9-10-11-12-23-13-18-26(30-20-23)24-14-16-25(17-15-24)32-27(31)28(4,21-29)19-22(3)6-2/h13-18,20,22H,5-12,19H2,1-4H3. The Bertz CT molecular complexity index is 868. The van der Waals surface area contributed by atoms with Crippen molar-refractivity contribution in [3.05, 3.63) is 48.2 Å². The maximum absolute atomic E-state index is 12.6. The van der Waals surface area contributed by atoms with Crippen molar-refractivity contribution >= 4 is 5.97 Å². The summed E-state index contributed by atoms with van der Waals surface area (Å²) in [6.07, 6.45) is 12.2. The summed E-state index contributed by atoms with van der Waals surface area (Å²) in [5.74, 6) is 0.235. The number of hydrogen-bond acceptors (Lipinski definition) is 4. The monoisotopic (exact) mass is 434 g/mol. The molecule has 1 aromatic carbocycles. The number of hydrogen-bond donors (Lipinski definition) is 0. The summed E-state index contributed by atoms with van der Waals surface area (Å²) in [5, 5.41) is 9.54. The minimum Gasteiger partial charge on any atom is -0.425 e. The van der Waals surface area contributed by atoms with Gasteiger partial charge in [-0.25, -0.2) is 4.79 Å². The van der Waals surface area contributed by atoms with Crippen LogP contribution in [0.1, 0.15) is 84.6 Å². The first-order valence-electron chi connectivity index (χ1n) is 12.1. The molecule has 2 atom stereocenters. The molecule has 2 aromatic rings. The summed E-state index contributed by atoms with van der Waals surface area (Å²) < 4.78 is 5.52. The van der Waals surface area contributed by atoms with Crippen LogP contribution in [0.4, 0.5) is 0 Å². The molecule has 2 unspecified atom stereocenters. The lowest BCUT2D eigenvalue weighted by Gasteiger charge is -2.22. The van der Waals surface area contributed by atoms with Crippen molar-refractivity contribution in [1.82, 2.24) is 4.98 Å². The van der Waals surface area contributed by atoms with Crippen molar-refractivity contribution in [1.29, 1.82) is 5.26 Å². The third-order valence-corrected chi connectivity index (χ3v) is 6.16. The second-order valence-electron chi connectivity index (χ2n) is 9.14. The Morgan fingerprint density at radius 1 is 1.06 bits per heavy atom. The number of unbranched alkanes of at least 4 members (excludes halogenated alkanes) is 5. The Hall–Kier alpha value is -2.67. The Morgan fingerprint density at radius 3 is 2.34 bits per heavy atom. The van der Waals surface area contributed by atoms with E-state index in [0.29, 0.717) is 12.2 Å². The van der Waals surface area contributed by atoms with Crippen molar-refractivity contribution in [2.24, 2.45) is 11.3 Å². The molecule has 0 spiro atoms. The van der Waals surface area contributed by atoms with Crippen molar-refractivity contribution < 1.29 is 9.53 Å². The topological polar surface area (TPSA) is 63.0 Å². The van der Waals surface area contributed by atoms with Gasteiger partial charge in [-0.1, -0.05) is 65.4 Å². The lowest BCUT2D eigenvalue weighted by Crippen LogP contribution is -2.32. The molecule has 0 fully saturated rings. The molecule has 2 rings (SSSR count). The second kappa shape index (κ2) is 13.0. The molecule has 0 bridgehead atoms. The first kappa shape index (κ1) is 25.6. The molecule has 0 N–H and O–H groups in total. The number of benzene rings is 1. The number of esters is 1. The molecule has 0 aliphatic rings. The summed E-state index contributed by atoms with van der Waals surface area (Å²) in [5.41, 5.74) is 2.00. The maximum atomic E-state index is 12.6. The van der Waals surface area contributed by atoms with Gasteiger partial charge in [0, 0.05) is 11.8 Å². The van der Waals surface area contributed by atoms with E-state index in [-0.39, 0.29) is 5.92 Å². The largest absolute Gasteiger partial charge is 0.425 e. The fourth-order valence-corrected chi connectivity index (χ4v) is 3.78. The van der Waals surface area contributed by atoms with E-state index in [0.717, 1.165) is 24.1 Å². The Morgan fingerprint density at radius 2 is 1.75 bits per heavy atom. The zero-order valence-electron chi connectivity index (χ0n) is 20.2. The first-order valence-corrected chi connectivity index (χ1v) is 12.1. The Labute approximate surface area is 194 Å². The van der Waals surface area contributed by atoms with Crippen molar-refractivity contribution in [2.45, 2.75) is 85.5 Å². The highest BCUT2D eigenvalue weighted by Gasteiger charge is 2.36. The van der Waals surface area contributed by atoms with Crippen LogP contribution >= 0.6 is 0 Å². The predicted molar refractivity (Wildman–Crippen MR) is 130 cm³/mol. The summed E-state index contributed by atoms with van der Waals surface area (Å²) in [4.78, 5) is 17.2. The third kappa shape index (κ3) is 7.79. The van der Waals surface area contributed by atoms with E-state index in [4.69, 9.17) is 4.74 Å². The lowest BCUT2D eigenvalue weighted by molar-refractivity contribution is -0.142. The summed E-state index contributed by atoms with van der Waals surface area (Å²) in [7, 11) is 0. The normalized spacial score (nSPS) is 13.7. The number of nitriles is 1. The van der Waals surface area contributed by atoms with Gasteiger partial charge in [0.1, 0.15) is 5.75 Å². The van der Waals surface area contributed by atoms with E-state index < -0.39 is 11.4 Å². The van der Waals surface area contributed by atoms with Crippen LogP contribution in [-0.4, -0.2) is 11.0 Å². The van der Waals surface area contributed by atoms with Crippen molar-refractivity contribution in [3.63, 3.8) is 0 Å². The minimum absolute atomic E-state index is 0.282. The van der Waals surface area contributed by atoms with Gasteiger partial charge in [0.05, 0.1) is 11.8 Å². The summed E-state index contributed by atoms with van der Waals surface area (Å²) >= 11 is 0. The molecule has 1 heterocycles. The Balaban J connectivity index is 1.91. The van der Waals surface area contributed by atoms with E-state index in [2.05, 4.69) is 31.0 Å². The lowest BCUT2D eigenvalue weighted by atomic mass is 9.82. The molecule has 0 saturated heterocycles. The molecular weight excluding hydrogens is 396 g/mol. The van der Waals surface area contributed by atoms with Crippen LogP contribution < -0.4 is 4.74 Å². The Kier molecular flexibility index (Phi) is 10.4. The third-order valence-electron chi connectivity index (χ3n) is 6.16. The smallest absolute Gasteiger partial charge is 0.331 e. The number of carbonyl (C=O) groups excluding carboxylic acids is 1. The number of aromatic nitrogens is 1. The average Bonchev–Trinajstić information content (AvgIpc) is 2.82. The molecule has 0 aliphatic heterocycles. The number of nitrogens with zero attached hydrogens (tertiary/aromatic N) is 2. The van der Waals surface area contributed by atoms with Crippen molar-refractivity contribution in [2.75, 3.05) is 0 Å². The van der Waals surface area contributed by atoms with Crippen LogP contribution in [0.5, 0.6) is 5.75 Å². The number of rotatable bonds is 13. The fourth-order valence-electron chi connectivity index (χ4n) is 3.78. The predicted octanol–water partition coefficient (Wildman–Crippen LogP) is 7.52. The van der Waals surface area contributed by atoms with Gasteiger partial charge in [-0.15, -0.1) is 0 Å². The molecule has 0 saturated carbocycles. The summed E-state index contributed by atoms with van der Waals surface area (Å²) in [6.45, 7) is 8.00. The highest BCUT2D eigenvalue weighted by molar-refractivity contribution is 5.81. The van der Waals surface area contributed by atoms with Gasteiger partial charge in [-0.05, 0) is 68.0 Å². The molecule has 4 heteroatoms. The highest BCUT2D eigenvalue weighted by atomic mass is 16.5. The maximum Gasteiger partial charge on any atom is 0.331 e. The van der Waals surface area contributed by atoms with Gasteiger partial charge in [0.15, 0.2) is 5.41 Å². The van der Waals surface area contributed by atoms with E-state index in [1.54, 1.807) is 19.1 Å². The molecule has 0 radical (unpaired) electrons. The fraction of sp³-hybridized carbons (Fsp3) is 0.536. The van der Waals surface area contributed by atoms with Gasteiger partial charge in [0.2, 0.25) is 0 Å². The average molecular weight is 435 g/mol. The summed E-state index contributed by atoms with van der Waals surface area (Å²) in [6, 6.07) is 13.7. The highest BCUT2D eigenvalue weighted by Crippen LogP contribution is 2.30. The van der Waals surface area contributed by atoms with Gasteiger partial charge in [-0.2, -0.15) is 5.26 Å². The molecule has 1 aromatic heterocycles. The van der Waals surface area contributed by atoms with Crippen LogP contribution in [0.2, 0.25) is 0 Å². The van der Waals surface area contributed by atoms with Gasteiger partial charge in [0.25, 0.3) is 0 Å². The van der Waals surface area contributed by atoms with E-state index in [9.17, 15) is 10.1 Å². The van der Waals surface area contributed by atoms with E-state index in [1.807, 2.05) is 31.3 Å². The molecule has 32 heavy (non-hydrogen) atoms. The van der Waals surface area contributed by atoms with E-state index >= 15 is 0 Å². The molecule has 172 valence electrons. The van der Waals surface area contributed by atoms with Gasteiger partial charge in [-0.3, -0.25) is 4.98 Å². The van der Waals surface area contributed by atoms with Crippen molar-refractivity contribution in [3.8, 4) is 23.1 Å². The van der Waals surface area contributed by atoms with E-state index in [1.165, 1.54) is 44.1 Å². The second-order valence-corrected chi connectivity index (χ2v) is 9.14. The van der Waals surface area contributed by atoms with Crippen LogP contribution in [0.15, 0.2) is 42.6 Å². The minimum atomic E-state index is -1.14. The first-order chi connectivity index (χ1) is 15.4. The number of pyridine rings is 1. The van der Waals surface area contributed by atoms with Crippen LogP contribution in [0.25, 0.3) is 11.3 Å². The number of ether oxygens (including phenoxy) is 1. The molecule has 0 amide bonds. The number of aryl methyl sites for hydroxylation is 1. The molecule has 4 nitrogen and oxygen atoms in total. The molecular formula is C28H38N2O2. The number of carbonyl (C=O) groups is 1. The zero-order valence-corrected chi connectivity index (χ0v) is 20.2. The van der Waals surface area contributed by atoms with Crippen LogP contribution in [0.3, 0.4) is 0 Å². The van der Waals surface area contributed by atoms with Crippen LogP contribution in [-0.2, 0) is 11.2 Å². The zero-order chi connectivity index (χ0) is 23.4.